The average Bonchev–Trinajstić information content (AvgIpc) is 4.04. The number of hydrogen-bond acceptors (Lipinski definition) is 20. The highest BCUT2D eigenvalue weighted by atomic mass is 32.7. The van der Waals surface area contributed by atoms with Crippen LogP contribution in [0.4, 0.5) is 26.1 Å². The number of hydrogen-bond donors (Lipinski definition) is 5. The molecule has 8 rings (SSSR count). The lowest BCUT2D eigenvalue weighted by atomic mass is 10.1. The van der Waals surface area contributed by atoms with E-state index in [2.05, 4.69) is 40.5 Å². The Hall–Kier alpha value is -4.69. The number of ether oxygens (including phenoxy) is 2. The second-order valence-electron chi connectivity index (χ2n) is 15.0. The van der Waals surface area contributed by atoms with Gasteiger partial charge in [0.05, 0.1) is 32.4 Å². The third-order valence-electron chi connectivity index (χ3n) is 10.5. The zero-order valence-electron chi connectivity index (χ0n) is 34.1. The Labute approximate surface area is 367 Å². The maximum atomic E-state index is 16.8. The molecular weight excluding hydrogens is 905 g/mol. The van der Waals surface area contributed by atoms with Gasteiger partial charge in [-0.05, 0) is 48.5 Å². The molecule has 5 aromatic rings. The molecule has 0 saturated carbocycles. The zero-order chi connectivity index (χ0) is 45.2. The molecule has 10 atom stereocenters. The number of nitrogen functional groups attached to an aromatic ring is 2. The lowest BCUT2D eigenvalue weighted by Gasteiger charge is -2.30. The lowest BCUT2D eigenvalue weighted by Crippen LogP contribution is -2.37. The van der Waals surface area contributed by atoms with E-state index >= 15 is 8.78 Å². The van der Waals surface area contributed by atoms with E-state index in [9.17, 15) is 18.7 Å². The second kappa shape index (κ2) is 19.4. The number of rotatable bonds is 13. The Morgan fingerprint density at radius 1 is 0.797 bits per heavy atom. The van der Waals surface area contributed by atoms with Crippen LogP contribution >= 0.6 is 25.7 Å². The van der Waals surface area contributed by atoms with Gasteiger partial charge in [-0.25, -0.2) is 43.2 Å². The molecule has 1 unspecified atom stereocenters. The molecule has 7 heterocycles. The number of aromatic nitrogens is 8. The number of alkyl halides is 2. The molecule has 1 aromatic carbocycles. The van der Waals surface area contributed by atoms with Gasteiger partial charge in [0.25, 0.3) is 15.0 Å². The van der Waals surface area contributed by atoms with Gasteiger partial charge in [-0.3, -0.25) is 32.3 Å². The molecule has 0 aliphatic carbocycles. The molecule has 29 heteroatoms. The first-order valence-corrected chi connectivity index (χ1v) is 25.1. The van der Waals surface area contributed by atoms with E-state index in [4.69, 9.17) is 44.8 Å². The van der Waals surface area contributed by atoms with Crippen molar-refractivity contribution in [3.63, 3.8) is 0 Å². The molecule has 3 aliphatic rings. The molecule has 2 amide bonds. The van der Waals surface area contributed by atoms with Gasteiger partial charge in [0.1, 0.15) is 48.1 Å². The predicted molar refractivity (Wildman–Crippen MR) is 229 cm³/mol. The van der Waals surface area contributed by atoms with E-state index in [-0.39, 0.29) is 58.6 Å². The summed E-state index contributed by atoms with van der Waals surface area (Å²) in [4.78, 5) is 49.2. The molecule has 23 nitrogen and oxygen atoms in total. The first-order valence-electron chi connectivity index (χ1n) is 20.0. The number of nitrogens with two attached hydrogens (primary N) is 3. The number of nitrogens with one attached hydrogen (secondary N) is 2. The Kier molecular flexibility index (Phi) is 13.9. The minimum Gasteiger partial charge on any atom is -0.382 e. The van der Waals surface area contributed by atoms with Crippen LogP contribution in [0.2, 0.25) is 0 Å². The first-order chi connectivity index (χ1) is 30.7. The third-order valence-corrected chi connectivity index (χ3v) is 15.4. The number of carbonyl (C=O) groups is 2. The van der Waals surface area contributed by atoms with Gasteiger partial charge in [-0.1, -0.05) is 18.6 Å². The topological polar surface area (TPSA) is 313 Å². The first kappa shape index (κ1) is 45.9. The second-order valence-corrected chi connectivity index (χ2v) is 21.1. The van der Waals surface area contributed by atoms with Crippen molar-refractivity contribution in [1.29, 1.82) is 0 Å². The molecule has 0 bridgehead atoms. The highest BCUT2D eigenvalue weighted by molar-refractivity contribution is 8.54. The quantitative estimate of drug-likeness (QED) is 0.0643. The van der Waals surface area contributed by atoms with E-state index in [1.54, 1.807) is 24.3 Å². The minimum atomic E-state index is -4.52. The van der Waals surface area contributed by atoms with Crippen LogP contribution in [-0.2, 0) is 52.0 Å². The number of imidazole rings is 2. The maximum Gasteiger partial charge on any atom is 0.389 e. The molecule has 3 saturated heterocycles. The average molecular weight is 950 g/mol. The highest BCUT2D eigenvalue weighted by Crippen LogP contribution is 2.65. The number of benzene rings is 1. The van der Waals surface area contributed by atoms with E-state index in [0.717, 1.165) is 20.4 Å². The van der Waals surface area contributed by atoms with Gasteiger partial charge in [0.2, 0.25) is 11.8 Å². The molecule has 342 valence electrons. The van der Waals surface area contributed by atoms with Crippen molar-refractivity contribution < 1.29 is 55.1 Å². The molecule has 0 radical (unpaired) electrons. The van der Waals surface area contributed by atoms with E-state index in [0.29, 0.717) is 35.6 Å². The van der Waals surface area contributed by atoms with Gasteiger partial charge >= 0.3 is 6.80 Å². The fourth-order valence-corrected chi connectivity index (χ4v) is 11.8. The van der Waals surface area contributed by atoms with Crippen molar-refractivity contribution in [1.82, 2.24) is 44.4 Å². The van der Waals surface area contributed by atoms with E-state index < -0.39 is 82.6 Å². The summed E-state index contributed by atoms with van der Waals surface area (Å²) in [7, 11) is -3.09. The van der Waals surface area contributed by atoms with E-state index in [1.807, 2.05) is 0 Å². The van der Waals surface area contributed by atoms with E-state index in [1.165, 1.54) is 34.4 Å². The minimum absolute atomic E-state index is 0.0324. The number of carbonyl (C=O) groups excluding carboxylic acids is 2. The fourth-order valence-electron chi connectivity index (χ4n) is 7.26. The normalized spacial score (nSPS) is 29.7. The molecular formula is C35H44BF2N13O10P2S. The van der Waals surface area contributed by atoms with Crippen molar-refractivity contribution in [3.05, 3.63) is 55.1 Å². The standard InChI is InChI=1S/C35H44BF2N13O10P2S/c36-62(54)56-11-20-29(25(38)35(58-20)51-17-48-27-31(41)44-15-46-33(27)51)61-63(55,64-13-18-5-7-19(8-6-18)49-23(53)10-42-22(52)4-2-1-3-9-39)57-12-21-28(60-62)24(37)34(59-21)50-16-47-26-30(40)43-14-45-32(26)50/h5-8,14-17,20-21,24-25,28-29,34-35H,1-4,9-13,36,39H2,(H,42,52)(H,49,53)(H2,40,43,45)(H2,41,44,46)/t20-,21-,24-,25-,28-,29-,34-,35-,62?,63-/m1/s1. The fraction of sp³-hybridized carbons (Fsp3) is 0.486. The number of halogens is 2. The van der Waals surface area contributed by atoms with Gasteiger partial charge in [-0.2, -0.15) is 0 Å². The largest absolute Gasteiger partial charge is 0.389 e. The van der Waals surface area contributed by atoms with Crippen LogP contribution in [0.1, 0.15) is 43.7 Å². The molecule has 8 N–H and O–H groups in total. The number of anilines is 3. The molecule has 0 spiro atoms. The summed E-state index contributed by atoms with van der Waals surface area (Å²) in [6, 6.07) is 6.50. The molecule has 3 aliphatic heterocycles. The van der Waals surface area contributed by atoms with Crippen LogP contribution in [0.3, 0.4) is 0 Å². The van der Waals surface area contributed by atoms with Gasteiger partial charge < -0.3 is 46.4 Å². The Morgan fingerprint density at radius 3 is 1.97 bits per heavy atom. The number of nitrogens with zero attached hydrogens (tertiary/aromatic N) is 8. The van der Waals surface area contributed by atoms with Crippen LogP contribution in [0.25, 0.3) is 22.3 Å². The maximum absolute atomic E-state index is 16.8. The van der Waals surface area contributed by atoms with Crippen molar-refractivity contribution >= 4 is 84.7 Å². The molecule has 64 heavy (non-hydrogen) atoms. The van der Waals surface area contributed by atoms with Gasteiger partial charge in [0, 0.05) is 17.9 Å². The predicted octanol–water partition coefficient (Wildman–Crippen LogP) is 2.48. The summed E-state index contributed by atoms with van der Waals surface area (Å²) < 4.78 is 101. The Bertz CT molecular complexity index is 2590. The number of amides is 2. The number of fused-ring (bicyclic) bond motifs is 4. The molecule has 3 fully saturated rings. The van der Waals surface area contributed by atoms with Gasteiger partial charge in [0.15, 0.2) is 47.7 Å². The summed E-state index contributed by atoms with van der Waals surface area (Å²) in [5.74, 6) is -0.654. The Balaban J connectivity index is 1.02. The highest BCUT2D eigenvalue weighted by Gasteiger charge is 2.54. The monoisotopic (exact) mass is 949 g/mol. The van der Waals surface area contributed by atoms with Crippen molar-refractivity contribution in [2.24, 2.45) is 5.73 Å². The lowest BCUT2D eigenvalue weighted by molar-refractivity contribution is -0.124. The van der Waals surface area contributed by atoms with Crippen molar-refractivity contribution in [3.8, 4) is 0 Å². The van der Waals surface area contributed by atoms with Crippen LogP contribution in [0, 0.1) is 0 Å². The van der Waals surface area contributed by atoms with Crippen molar-refractivity contribution in [2.75, 3.05) is 43.1 Å². The van der Waals surface area contributed by atoms with Crippen LogP contribution in [-0.4, -0.2) is 121 Å². The van der Waals surface area contributed by atoms with Crippen LogP contribution in [0.5, 0.6) is 0 Å². The van der Waals surface area contributed by atoms with Crippen LogP contribution < -0.4 is 27.8 Å². The Morgan fingerprint density at radius 2 is 1.38 bits per heavy atom. The SMILES string of the molecule is BP1(=O)OC[C@H]2O[C@@H](n3cnc4c(N)ncnc43)[C@H](F)[C@@H]2O[P@](=O)(SCc2ccc(NC(=O)CNC(=O)CCCCCN)cc2)OC[C@H]2O[C@@H](n3cnc4c(N)ncnc43)[C@H](F)[C@@H]2O1. The van der Waals surface area contributed by atoms with Crippen molar-refractivity contribution in [2.45, 2.75) is 80.7 Å². The summed E-state index contributed by atoms with van der Waals surface area (Å²) >= 11 is 0.694. The number of unbranched alkanes of at least 4 members (excludes halogenated alkanes) is 2. The summed E-state index contributed by atoms with van der Waals surface area (Å²) in [6.45, 7) is -5.49. The smallest absolute Gasteiger partial charge is 0.382 e. The summed E-state index contributed by atoms with van der Waals surface area (Å²) in [5, 5.41) is 5.29. The summed E-state index contributed by atoms with van der Waals surface area (Å²) in [5.41, 5.74) is 19.0. The van der Waals surface area contributed by atoms with Crippen LogP contribution in [0.15, 0.2) is 49.6 Å². The molecule has 4 aromatic heterocycles. The summed E-state index contributed by atoms with van der Waals surface area (Å²) in [6.07, 6.45) is -5.76. The third kappa shape index (κ3) is 10.1. The zero-order valence-corrected chi connectivity index (χ0v) is 36.7. The van der Waals surface area contributed by atoms with Gasteiger partial charge in [-0.15, -0.1) is 0 Å².